The molecule has 0 radical (unpaired) electrons. The minimum atomic E-state index is -0.924. The van der Waals surface area contributed by atoms with E-state index in [2.05, 4.69) is 22.3 Å². The van der Waals surface area contributed by atoms with Gasteiger partial charge in [-0.3, -0.25) is 19.2 Å². The summed E-state index contributed by atoms with van der Waals surface area (Å²) >= 11 is 6.09. The molecule has 2 saturated heterocycles. The van der Waals surface area contributed by atoms with Gasteiger partial charge in [-0.25, -0.2) is 0 Å². The maximum Gasteiger partial charge on any atom is 0.287 e. The summed E-state index contributed by atoms with van der Waals surface area (Å²) in [4.78, 5) is 58.5. The largest absolute Gasteiger partial charge is 0.493 e. The number of benzene rings is 3. The number of nitrogens with zero attached hydrogens (tertiary/aromatic N) is 3. The number of methoxy groups -OCH3 is 1. The van der Waals surface area contributed by atoms with Crippen LogP contribution in [0, 0.1) is 0 Å². The molecule has 2 aliphatic rings. The maximum atomic E-state index is 14.0. The smallest absolute Gasteiger partial charge is 0.287 e. The summed E-state index contributed by atoms with van der Waals surface area (Å²) in [5.41, 5.74) is 2.72. The molecular weight excluding hydrogens is 608 g/mol. The molecule has 1 atom stereocenters. The molecule has 4 aromatic rings. The van der Waals surface area contributed by atoms with Crippen molar-refractivity contribution in [3.8, 4) is 5.75 Å². The van der Waals surface area contributed by atoms with Crippen molar-refractivity contribution in [2.75, 3.05) is 44.7 Å². The molecule has 0 saturated carbocycles. The minimum Gasteiger partial charge on any atom is -0.493 e. The van der Waals surface area contributed by atoms with Crippen LogP contribution in [0.1, 0.15) is 34.5 Å². The highest BCUT2D eigenvalue weighted by atomic mass is 35.5. The Morgan fingerprint density at radius 3 is 2.43 bits per heavy atom. The first-order chi connectivity index (χ1) is 22.3. The van der Waals surface area contributed by atoms with Crippen LogP contribution < -0.4 is 20.4 Å². The number of para-hydroxylation sites is 2. The van der Waals surface area contributed by atoms with Crippen LogP contribution in [0.2, 0.25) is 5.02 Å². The van der Waals surface area contributed by atoms with Gasteiger partial charge in [-0.1, -0.05) is 48.0 Å². The number of hydrogen-bond donors (Lipinski definition) is 1. The summed E-state index contributed by atoms with van der Waals surface area (Å²) in [5, 5.41) is 3.68. The number of amides is 3. The Labute approximate surface area is 271 Å². The highest BCUT2D eigenvalue weighted by Crippen LogP contribution is 2.26. The molecule has 238 valence electrons. The second kappa shape index (κ2) is 13.7. The third-order valence-corrected chi connectivity index (χ3v) is 8.83. The molecule has 0 aliphatic carbocycles. The standard InChI is InChI=1S/C35H35ClN4O6/c1-45-30-9-4-7-26-29(41)21-31(46-33(26)30)34(43)37-27(20-23-11-13-25(36)14-12-23)35(44)39-18-16-38(17-19-39)28-8-3-2-6-24(28)22-40-15-5-10-32(40)42/h2-4,6-9,11-14,21,27H,5,10,15-20,22H2,1H3,(H,37,43)/t27-/m1/s1. The van der Waals surface area contributed by atoms with Gasteiger partial charge in [0.1, 0.15) is 6.04 Å². The number of hydrogen-bond acceptors (Lipinski definition) is 7. The van der Waals surface area contributed by atoms with Crippen LogP contribution in [0.4, 0.5) is 5.69 Å². The number of anilines is 1. The quantitative estimate of drug-likeness (QED) is 0.290. The van der Waals surface area contributed by atoms with Crippen molar-refractivity contribution in [3.63, 3.8) is 0 Å². The highest BCUT2D eigenvalue weighted by Gasteiger charge is 2.31. The van der Waals surface area contributed by atoms with E-state index in [-0.39, 0.29) is 35.0 Å². The molecular formula is C35H35ClN4O6. The van der Waals surface area contributed by atoms with Crippen LogP contribution in [0.3, 0.4) is 0 Å². The van der Waals surface area contributed by atoms with Crippen molar-refractivity contribution in [2.24, 2.45) is 0 Å². The fourth-order valence-electron chi connectivity index (χ4n) is 6.13. The fraction of sp³-hybridized carbons (Fsp3) is 0.314. The molecule has 0 unspecified atom stereocenters. The van der Waals surface area contributed by atoms with E-state index in [9.17, 15) is 19.2 Å². The predicted molar refractivity (Wildman–Crippen MR) is 175 cm³/mol. The number of ether oxygens (including phenoxy) is 1. The van der Waals surface area contributed by atoms with Gasteiger partial charge in [0.25, 0.3) is 5.91 Å². The third-order valence-electron chi connectivity index (χ3n) is 8.58. The third kappa shape index (κ3) is 6.72. The van der Waals surface area contributed by atoms with Crippen LogP contribution in [0.25, 0.3) is 11.0 Å². The lowest BCUT2D eigenvalue weighted by atomic mass is 10.0. The highest BCUT2D eigenvalue weighted by molar-refractivity contribution is 6.30. The zero-order valence-corrected chi connectivity index (χ0v) is 26.3. The molecule has 3 heterocycles. The van der Waals surface area contributed by atoms with Gasteiger partial charge in [0.15, 0.2) is 22.5 Å². The van der Waals surface area contributed by atoms with E-state index >= 15 is 0 Å². The first-order valence-electron chi connectivity index (χ1n) is 15.4. The molecule has 46 heavy (non-hydrogen) atoms. The van der Waals surface area contributed by atoms with Crippen LogP contribution in [0.5, 0.6) is 5.75 Å². The van der Waals surface area contributed by atoms with Gasteiger partial charge in [0.2, 0.25) is 11.8 Å². The summed E-state index contributed by atoms with van der Waals surface area (Å²) in [6.07, 6.45) is 1.70. The van der Waals surface area contributed by atoms with Crippen molar-refractivity contribution in [3.05, 3.63) is 105 Å². The molecule has 3 aromatic carbocycles. The number of halogens is 1. The number of nitrogens with one attached hydrogen (secondary N) is 1. The zero-order valence-electron chi connectivity index (χ0n) is 25.5. The van der Waals surface area contributed by atoms with Gasteiger partial charge in [0, 0.05) is 68.9 Å². The molecule has 0 bridgehead atoms. The predicted octanol–water partition coefficient (Wildman–Crippen LogP) is 4.27. The van der Waals surface area contributed by atoms with Crippen LogP contribution in [-0.4, -0.2) is 73.4 Å². The topological polar surface area (TPSA) is 112 Å². The Balaban J connectivity index is 1.19. The minimum absolute atomic E-state index is 0.161. The normalized spacial score (nSPS) is 15.7. The molecule has 0 spiro atoms. The molecule has 1 aromatic heterocycles. The second-order valence-electron chi connectivity index (χ2n) is 11.5. The molecule has 6 rings (SSSR count). The molecule has 2 fully saturated rings. The summed E-state index contributed by atoms with van der Waals surface area (Å²) in [6, 6.07) is 20.3. The van der Waals surface area contributed by atoms with E-state index in [0.717, 1.165) is 35.8 Å². The lowest BCUT2D eigenvalue weighted by Gasteiger charge is -2.38. The van der Waals surface area contributed by atoms with Crippen molar-refractivity contribution in [2.45, 2.75) is 31.8 Å². The van der Waals surface area contributed by atoms with Gasteiger partial charge in [-0.05, 0) is 47.9 Å². The van der Waals surface area contributed by atoms with E-state index < -0.39 is 17.4 Å². The average molecular weight is 643 g/mol. The monoisotopic (exact) mass is 642 g/mol. The maximum absolute atomic E-state index is 14.0. The number of carbonyl (C=O) groups excluding carboxylic acids is 3. The molecule has 10 nitrogen and oxygen atoms in total. The first kappa shape index (κ1) is 31.2. The Morgan fingerprint density at radius 2 is 1.72 bits per heavy atom. The number of rotatable bonds is 9. The number of piperazine rings is 1. The number of fused-ring (bicyclic) bond motifs is 1. The van der Waals surface area contributed by atoms with Gasteiger partial charge < -0.3 is 29.2 Å². The summed E-state index contributed by atoms with van der Waals surface area (Å²) in [5.74, 6) is -0.625. The van der Waals surface area contributed by atoms with Gasteiger partial charge >= 0.3 is 0 Å². The molecule has 2 aliphatic heterocycles. The zero-order chi connectivity index (χ0) is 32.2. The summed E-state index contributed by atoms with van der Waals surface area (Å²) < 4.78 is 11.2. The van der Waals surface area contributed by atoms with E-state index in [1.807, 2.05) is 29.2 Å². The number of likely N-dealkylation sites (tertiary alicyclic amines) is 1. The molecule has 3 amide bonds. The van der Waals surface area contributed by atoms with Gasteiger partial charge in [-0.15, -0.1) is 0 Å². The average Bonchev–Trinajstić information content (AvgIpc) is 3.48. The van der Waals surface area contributed by atoms with Crippen molar-refractivity contribution >= 4 is 46.0 Å². The lowest BCUT2D eigenvalue weighted by Crippen LogP contribution is -2.55. The first-order valence-corrected chi connectivity index (χ1v) is 15.7. The fourth-order valence-corrected chi connectivity index (χ4v) is 6.25. The molecule has 1 N–H and O–H groups in total. The Kier molecular flexibility index (Phi) is 9.25. The van der Waals surface area contributed by atoms with E-state index in [1.165, 1.54) is 7.11 Å². The van der Waals surface area contributed by atoms with Gasteiger partial charge in [0.05, 0.1) is 12.5 Å². The Hall–Kier alpha value is -4.83. The van der Waals surface area contributed by atoms with E-state index in [4.69, 9.17) is 20.8 Å². The Bertz CT molecular complexity index is 1820. The summed E-state index contributed by atoms with van der Waals surface area (Å²) in [6.45, 7) is 3.43. The molecule has 11 heteroatoms. The van der Waals surface area contributed by atoms with E-state index in [0.29, 0.717) is 49.9 Å². The Morgan fingerprint density at radius 1 is 0.957 bits per heavy atom. The second-order valence-corrected chi connectivity index (χ2v) is 12.0. The van der Waals surface area contributed by atoms with Crippen molar-refractivity contribution in [1.82, 2.24) is 15.1 Å². The van der Waals surface area contributed by atoms with E-state index in [1.54, 1.807) is 35.2 Å². The lowest BCUT2D eigenvalue weighted by molar-refractivity contribution is -0.133. The van der Waals surface area contributed by atoms with Crippen LogP contribution in [0.15, 0.2) is 82.0 Å². The number of carbonyl (C=O) groups is 3. The van der Waals surface area contributed by atoms with Crippen LogP contribution in [-0.2, 0) is 22.6 Å². The van der Waals surface area contributed by atoms with Crippen molar-refractivity contribution < 1.29 is 23.5 Å². The van der Waals surface area contributed by atoms with Crippen LogP contribution >= 0.6 is 11.6 Å². The van der Waals surface area contributed by atoms with Gasteiger partial charge in [-0.2, -0.15) is 0 Å². The SMILES string of the molecule is COc1cccc2c(=O)cc(C(=O)N[C@H](Cc3ccc(Cl)cc3)C(=O)N3CCN(c4ccccc4CN4CCCC4=O)CC3)oc12. The van der Waals surface area contributed by atoms with Crippen molar-refractivity contribution in [1.29, 1.82) is 0 Å². The summed E-state index contributed by atoms with van der Waals surface area (Å²) in [7, 11) is 1.45.